The maximum absolute atomic E-state index is 12.7. The number of pyridine rings is 1. The van der Waals surface area contributed by atoms with Crippen LogP contribution in [0, 0.1) is 6.92 Å². The molecular formula is C13H13ClF3N3O3. The number of carboxylic acid groups (broad SMARTS) is 1. The molecule has 2 amide bonds. The minimum Gasteiger partial charge on any atom is -0.465 e. The number of aryl methyl sites for hydroxylation is 1. The first-order valence-electron chi connectivity index (χ1n) is 6.62. The summed E-state index contributed by atoms with van der Waals surface area (Å²) in [5, 5.41) is 10.4. The summed E-state index contributed by atoms with van der Waals surface area (Å²) in [5.41, 5.74) is -1.20. The molecule has 1 aromatic heterocycles. The average molecular weight is 352 g/mol. The van der Waals surface area contributed by atoms with Gasteiger partial charge in [-0.1, -0.05) is 11.6 Å². The Morgan fingerprint density at radius 3 is 2.65 bits per heavy atom. The number of nitrogens with one attached hydrogen (secondary N) is 1. The highest BCUT2D eigenvalue weighted by molar-refractivity contribution is 6.32. The molecule has 1 saturated heterocycles. The fourth-order valence-electron chi connectivity index (χ4n) is 2.43. The zero-order valence-corrected chi connectivity index (χ0v) is 12.7. The lowest BCUT2D eigenvalue weighted by atomic mass is 10.1. The molecule has 1 unspecified atom stereocenters. The van der Waals surface area contributed by atoms with Crippen LogP contribution in [0.4, 0.5) is 18.0 Å². The number of hydrogen-bond acceptors (Lipinski definition) is 3. The molecule has 23 heavy (non-hydrogen) atoms. The molecule has 0 aromatic carbocycles. The maximum Gasteiger partial charge on any atom is 0.433 e. The molecule has 1 aromatic rings. The van der Waals surface area contributed by atoms with Gasteiger partial charge < -0.3 is 15.3 Å². The lowest BCUT2D eigenvalue weighted by molar-refractivity contribution is -0.141. The molecule has 10 heteroatoms. The van der Waals surface area contributed by atoms with Crippen molar-refractivity contribution in [1.29, 1.82) is 0 Å². The van der Waals surface area contributed by atoms with Crippen molar-refractivity contribution < 1.29 is 27.9 Å². The number of nitrogens with zero attached hydrogens (tertiary/aromatic N) is 2. The van der Waals surface area contributed by atoms with Crippen molar-refractivity contribution in [2.45, 2.75) is 25.6 Å². The summed E-state index contributed by atoms with van der Waals surface area (Å²) >= 11 is 5.77. The number of hydrogen-bond donors (Lipinski definition) is 2. The van der Waals surface area contributed by atoms with Gasteiger partial charge in [0.1, 0.15) is 10.8 Å². The van der Waals surface area contributed by atoms with Crippen molar-refractivity contribution in [3.63, 3.8) is 0 Å². The molecule has 1 fully saturated rings. The summed E-state index contributed by atoms with van der Waals surface area (Å²) in [4.78, 5) is 27.6. The van der Waals surface area contributed by atoms with Gasteiger partial charge >= 0.3 is 12.3 Å². The molecule has 6 nitrogen and oxygen atoms in total. The highest BCUT2D eigenvalue weighted by Gasteiger charge is 2.35. The number of aromatic nitrogens is 1. The smallest absolute Gasteiger partial charge is 0.433 e. The molecular weight excluding hydrogens is 339 g/mol. The van der Waals surface area contributed by atoms with Gasteiger partial charge in [-0.2, -0.15) is 13.2 Å². The number of rotatable bonds is 2. The van der Waals surface area contributed by atoms with Crippen molar-refractivity contribution in [2.75, 3.05) is 13.1 Å². The molecule has 2 N–H and O–H groups in total. The third-order valence-electron chi connectivity index (χ3n) is 3.48. The first-order valence-corrected chi connectivity index (χ1v) is 7.00. The molecule has 0 spiro atoms. The Labute approximate surface area is 134 Å². The number of amides is 2. The highest BCUT2D eigenvalue weighted by atomic mass is 35.5. The van der Waals surface area contributed by atoms with Gasteiger partial charge in [0.15, 0.2) is 0 Å². The molecule has 0 aliphatic carbocycles. The Balaban J connectivity index is 2.22. The Bertz CT molecular complexity index is 628. The molecule has 2 rings (SSSR count). The summed E-state index contributed by atoms with van der Waals surface area (Å²) < 4.78 is 38.0. The number of carbonyl (C=O) groups is 2. The van der Waals surface area contributed by atoms with Crippen LogP contribution in [0.5, 0.6) is 0 Å². The van der Waals surface area contributed by atoms with E-state index in [0.717, 1.165) is 6.07 Å². The lowest BCUT2D eigenvalue weighted by Gasteiger charge is -2.19. The van der Waals surface area contributed by atoms with Crippen LogP contribution in [0.2, 0.25) is 5.15 Å². The van der Waals surface area contributed by atoms with Crippen molar-refractivity contribution in [1.82, 2.24) is 15.2 Å². The maximum atomic E-state index is 12.7. The first-order chi connectivity index (χ1) is 10.6. The van der Waals surface area contributed by atoms with E-state index < -0.39 is 35.1 Å². The fraction of sp³-hybridized carbons (Fsp3) is 0.462. The molecule has 0 radical (unpaired) electrons. The Morgan fingerprint density at radius 2 is 2.13 bits per heavy atom. The van der Waals surface area contributed by atoms with Gasteiger partial charge in [-0.15, -0.1) is 0 Å². The van der Waals surface area contributed by atoms with Gasteiger partial charge in [-0.25, -0.2) is 9.78 Å². The third-order valence-corrected chi connectivity index (χ3v) is 3.75. The van der Waals surface area contributed by atoms with Crippen molar-refractivity contribution in [3.05, 3.63) is 28.0 Å². The van der Waals surface area contributed by atoms with Gasteiger partial charge in [-0.05, 0) is 25.0 Å². The van der Waals surface area contributed by atoms with Crippen molar-refractivity contribution >= 4 is 23.6 Å². The summed E-state index contributed by atoms with van der Waals surface area (Å²) in [5.74, 6) is -0.566. The summed E-state index contributed by atoms with van der Waals surface area (Å²) in [6.45, 7) is 1.75. The predicted octanol–water partition coefficient (Wildman–Crippen LogP) is 2.54. The van der Waals surface area contributed by atoms with E-state index in [9.17, 15) is 22.8 Å². The summed E-state index contributed by atoms with van der Waals surface area (Å²) in [6.07, 6.45) is -5.43. The van der Waals surface area contributed by atoms with E-state index in [2.05, 4.69) is 10.3 Å². The molecule has 1 aliphatic rings. The van der Waals surface area contributed by atoms with Crippen LogP contribution in [0.1, 0.15) is 28.0 Å². The Hall–Kier alpha value is -2.03. The first kappa shape index (κ1) is 17.3. The molecule has 0 saturated carbocycles. The number of alkyl halides is 3. The van der Waals surface area contributed by atoms with E-state index in [-0.39, 0.29) is 24.2 Å². The van der Waals surface area contributed by atoms with E-state index >= 15 is 0 Å². The Kier molecular flexibility index (Phi) is 4.69. The van der Waals surface area contributed by atoms with E-state index in [1.807, 2.05) is 0 Å². The zero-order chi connectivity index (χ0) is 17.4. The van der Waals surface area contributed by atoms with Crippen LogP contribution < -0.4 is 5.32 Å². The largest absolute Gasteiger partial charge is 0.465 e. The van der Waals surface area contributed by atoms with Crippen LogP contribution >= 0.6 is 11.6 Å². The van der Waals surface area contributed by atoms with Crippen LogP contribution in [-0.4, -0.2) is 46.1 Å². The fourth-order valence-corrected chi connectivity index (χ4v) is 2.75. The van der Waals surface area contributed by atoms with Gasteiger partial charge in [0.25, 0.3) is 5.91 Å². The second kappa shape index (κ2) is 6.23. The lowest BCUT2D eigenvalue weighted by Crippen LogP contribution is -2.38. The van der Waals surface area contributed by atoms with Gasteiger partial charge in [0.2, 0.25) is 0 Å². The third kappa shape index (κ3) is 3.84. The van der Waals surface area contributed by atoms with Gasteiger partial charge in [0.05, 0.1) is 11.6 Å². The predicted molar refractivity (Wildman–Crippen MR) is 74.5 cm³/mol. The zero-order valence-electron chi connectivity index (χ0n) is 11.9. The monoisotopic (exact) mass is 351 g/mol. The minimum atomic E-state index is -4.65. The van der Waals surface area contributed by atoms with Crippen LogP contribution in [0.3, 0.4) is 0 Å². The number of likely N-dealkylation sites (tertiary alicyclic amines) is 1. The minimum absolute atomic E-state index is 0.0666. The van der Waals surface area contributed by atoms with Crippen molar-refractivity contribution in [3.8, 4) is 0 Å². The molecule has 1 atom stereocenters. The second-order valence-electron chi connectivity index (χ2n) is 5.17. The molecule has 2 heterocycles. The van der Waals surface area contributed by atoms with Gasteiger partial charge in [-0.3, -0.25) is 4.79 Å². The van der Waals surface area contributed by atoms with Crippen LogP contribution in [0.15, 0.2) is 6.07 Å². The average Bonchev–Trinajstić information content (AvgIpc) is 2.84. The number of carbonyl (C=O) groups excluding carboxylic acids is 1. The Morgan fingerprint density at radius 1 is 1.48 bits per heavy atom. The van der Waals surface area contributed by atoms with E-state index in [0.29, 0.717) is 6.42 Å². The van der Waals surface area contributed by atoms with Crippen LogP contribution in [-0.2, 0) is 6.18 Å². The second-order valence-corrected chi connectivity index (χ2v) is 5.53. The van der Waals surface area contributed by atoms with E-state index in [1.54, 1.807) is 0 Å². The standard InChI is InChI=1S/C13H13ClF3N3O3/c1-6-4-8(13(15,16)17)19-10(14)9(6)11(21)20-3-2-7(5-20)18-12(22)23/h4,7,18H,2-3,5H2,1H3,(H,22,23). The highest BCUT2D eigenvalue weighted by Crippen LogP contribution is 2.32. The summed E-state index contributed by atoms with van der Waals surface area (Å²) in [6, 6.07) is 0.347. The van der Waals surface area contributed by atoms with Gasteiger partial charge in [0, 0.05) is 13.1 Å². The normalized spacial score (nSPS) is 18.1. The molecule has 126 valence electrons. The molecule has 0 bridgehead atoms. The van der Waals surface area contributed by atoms with Crippen LogP contribution in [0.25, 0.3) is 0 Å². The quantitative estimate of drug-likeness (QED) is 0.802. The topological polar surface area (TPSA) is 82.5 Å². The summed E-state index contributed by atoms with van der Waals surface area (Å²) in [7, 11) is 0. The number of halogens is 4. The van der Waals surface area contributed by atoms with E-state index in [1.165, 1.54) is 11.8 Å². The molecule has 1 aliphatic heterocycles. The van der Waals surface area contributed by atoms with E-state index in [4.69, 9.17) is 16.7 Å². The SMILES string of the molecule is Cc1cc(C(F)(F)F)nc(Cl)c1C(=O)N1CCC(NC(=O)O)C1. The van der Waals surface area contributed by atoms with Crippen molar-refractivity contribution in [2.24, 2.45) is 0 Å².